The van der Waals surface area contributed by atoms with Gasteiger partial charge in [-0.2, -0.15) is 0 Å². The first-order valence-electron chi connectivity index (χ1n) is 10.4. The number of carbonyl (C=O) groups excluding carboxylic acids is 2. The Balaban J connectivity index is 1.36. The van der Waals surface area contributed by atoms with Gasteiger partial charge < -0.3 is 15.5 Å². The van der Waals surface area contributed by atoms with Crippen molar-refractivity contribution in [3.05, 3.63) is 69.8 Å². The Labute approximate surface area is 173 Å². The highest BCUT2D eigenvalue weighted by molar-refractivity contribution is 5.77. The summed E-state index contributed by atoms with van der Waals surface area (Å²) in [5.74, 6) is 0.160. The molecule has 0 aromatic heterocycles. The Morgan fingerprint density at radius 1 is 1.00 bits per heavy atom. The first-order chi connectivity index (χ1) is 13.9. The number of urea groups is 1. The lowest BCUT2D eigenvalue weighted by molar-refractivity contribution is -0.132. The van der Waals surface area contributed by atoms with Gasteiger partial charge in [0.15, 0.2) is 0 Å². The number of hydrogen-bond donors (Lipinski definition) is 2. The smallest absolute Gasteiger partial charge is 0.315 e. The Kier molecular flexibility index (Phi) is 6.91. The van der Waals surface area contributed by atoms with Crippen LogP contribution in [0.25, 0.3) is 0 Å². The van der Waals surface area contributed by atoms with Crippen LogP contribution in [0.1, 0.15) is 46.2 Å². The van der Waals surface area contributed by atoms with E-state index in [0.717, 1.165) is 18.5 Å². The van der Waals surface area contributed by atoms with Crippen molar-refractivity contribution >= 4 is 11.9 Å². The first kappa shape index (κ1) is 20.9. The molecular formula is C24H31N3O2. The van der Waals surface area contributed by atoms with Crippen LogP contribution in [0.4, 0.5) is 4.79 Å². The maximum Gasteiger partial charge on any atom is 0.315 e. The number of carbonyl (C=O) groups is 2. The molecule has 1 heterocycles. The third kappa shape index (κ3) is 5.59. The minimum Gasteiger partial charge on any atom is -0.338 e. The topological polar surface area (TPSA) is 61.4 Å². The van der Waals surface area contributed by atoms with Crippen molar-refractivity contribution in [2.45, 2.75) is 53.1 Å². The summed E-state index contributed by atoms with van der Waals surface area (Å²) in [6.07, 6.45) is 2.02. The number of rotatable bonds is 6. The molecule has 2 aromatic carbocycles. The normalized spacial score (nSPS) is 13.0. The van der Waals surface area contributed by atoms with Crippen LogP contribution in [0.3, 0.4) is 0 Å². The summed E-state index contributed by atoms with van der Waals surface area (Å²) in [6, 6.07) is 12.4. The lowest BCUT2D eigenvalue weighted by Crippen LogP contribution is -2.38. The molecule has 0 aliphatic carbocycles. The average Bonchev–Trinajstić information content (AvgIpc) is 2.69. The molecule has 0 bridgehead atoms. The minimum atomic E-state index is -0.191. The standard InChI is InChI=1S/C24H31N3O2/c1-17-13-18(2)22(19(3)14-17)15-26-24(29)25-11-6-9-23(28)27-12-10-20-7-4-5-8-21(20)16-27/h4-5,7-8,13-14H,6,9-12,15-16H2,1-3H3,(H2,25,26,29). The van der Waals surface area contributed by atoms with Gasteiger partial charge in [-0.3, -0.25) is 4.79 Å². The second-order valence-electron chi connectivity index (χ2n) is 7.92. The van der Waals surface area contributed by atoms with E-state index in [0.29, 0.717) is 32.5 Å². The first-order valence-corrected chi connectivity index (χ1v) is 10.4. The molecule has 2 N–H and O–H groups in total. The quantitative estimate of drug-likeness (QED) is 0.734. The van der Waals surface area contributed by atoms with Gasteiger partial charge in [0.05, 0.1) is 0 Å². The maximum absolute atomic E-state index is 12.5. The monoisotopic (exact) mass is 393 g/mol. The lowest BCUT2D eigenvalue weighted by Gasteiger charge is -2.29. The molecule has 0 saturated heterocycles. The molecule has 3 rings (SSSR count). The number of hydrogen-bond acceptors (Lipinski definition) is 2. The fourth-order valence-electron chi connectivity index (χ4n) is 4.03. The molecule has 0 spiro atoms. The molecule has 5 heteroatoms. The number of nitrogens with zero attached hydrogens (tertiary/aromatic N) is 1. The van der Waals surface area contributed by atoms with E-state index < -0.39 is 0 Å². The second-order valence-corrected chi connectivity index (χ2v) is 7.92. The van der Waals surface area contributed by atoms with Gasteiger partial charge in [-0.05, 0) is 61.4 Å². The Morgan fingerprint density at radius 2 is 1.69 bits per heavy atom. The van der Waals surface area contributed by atoms with Crippen molar-refractivity contribution in [1.29, 1.82) is 0 Å². The van der Waals surface area contributed by atoms with Crippen molar-refractivity contribution in [3.8, 4) is 0 Å². The third-order valence-corrected chi connectivity index (χ3v) is 5.60. The summed E-state index contributed by atoms with van der Waals surface area (Å²) in [7, 11) is 0. The van der Waals surface area contributed by atoms with Crippen LogP contribution in [0.2, 0.25) is 0 Å². The third-order valence-electron chi connectivity index (χ3n) is 5.60. The molecule has 5 nitrogen and oxygen atoms in total. The summed E-state index contributed by atoms with van der Waals surface area (Å²) in [6.45, 7) is 8.69. The summed E-state index contributed by atoms with van der Waals surface area (Å²) in [5.41, 5.74) is 7.36. The molecular weight excluding hydrogens is 362 g/mol. The van der Waals surface area contributed by atoms with Crippen molar-refractivity contribution in [2.24, 2.45) is 0 Å². The van der Waals surface area contributed by atoms with Crippen molar-refractivity contribution in [1.82, 2.24) is 15.5 Å². The van der Waals surface area contributed by atoms with E-state index in [1.54, 1.807) is 0 Å². The van der Waals surface area contributed by atoms with E-state index in [2.05, 4.69) is 61.7 Å². The van der Waals surface area contributed by atoms with Crippen molar-refractivity contribution < 1.29 is 9.59 Å². The van der Waals surface area contributed by atoms with Crippen LogP contribution in [-0.4, -0.2) is 29.9 Å². The fraction of sp³-hybridized carbons (Fsp3) is 0.417. The van der Waals surface area contributed by atoms with E-state index in [-0.39, 0.29) is 11.9 Å². The SMILES string of the molecule is Cc1cc(C)c(CNC(=O)NCCCC(=O)N2CCc3ccccc3C2)c(C)c1. The van der Waals surface area contributed by atoms with Gasteiger partial charge in [0.2, 0.25) is 5.91 Å². The van der Waals surface area contributed by atoms with E-state index >= 15 is 0 Å². The van der Waals surface area contributed by atoms with Gasteiger partial charge in [-0.1, -0.05) is 42.0 Å². The molecule has 2 aromatic rings. The van der Waals surface area contributed by atoms with E-state index in [4.69, 9.17) is 0 Å². The van der Waals surface area contributed by atoms with Crippen LogP contribution in [0, 0.1) is 20.8 Å². The molecule has 0 saturated carbocycles. The van der Waals surface area contributed by atoms with Crippen LogP contribution < -0.4 is 10.6 Å². The Bertz CT molecular complexity index is 868. The Morgan fingerprint density at radius 3 is 2.41 bits per heavy atom. The largest absolute Gasteiger partial charge is 0.338 e. The van der Waals surface area contributed by atoms with E-state index in [9.17, 15) is 9.59 Å². The summed E-state index contributed by atoms with van der Waals surface area (Å²) in [4.78, 5) is 26.5. The number of amides is 3. The minimum absolute atomic E-state index is 0.160. The second kappa shape index (κ2) is 9.59. The van der Waals surface area contributed by atoms with Crippen molar-refractivity contribution in [2.75, 3.05) is 13.1 Å². The predicted molar refractivity (Wildman–Crippen MR) is 116 cm³/mol. The summed E-state index contributed by atoms with van der Waals surface area (Å²) >= 11 is 0. The number of benzene rings is 2. The van der Waals surface area contributed by atoms with Crippen molar-refractivity contribution in [3.63, 3.8) is 0 Å². The van der Waals surface area contributed by atoms with E-state index in [1.165, 1.54) is 27.8 Å². The van der Waals surface area contributed by atoms with Gasteiger partial charge in [0.25, 0.3) is 0 Å². The van der Waals surface area contributed by atoms with Gasteiger partial charge in [0, 0.05) is 32.6 Å². The van der Waals surface area contributed by atoms with Gasteiger partial charge in [-0.25, -0.2) is 4.79 Å². The van der Waals surface area contributed by atoms with Crippen LogP contribution in [0.15, 0.2) is 36.4 Å². The lowest BCUT2D eigenvalue weighted by atomic mass is 9.99. The zero-order chi connectivity index (χ0) is 20.8. The van der Waals surface area contributed by atoms with Crippen LogP contribution >= 0.6 is 0 Å². The fourth-order valence-corrected chi connectivity index (χ4v) is 4.03. The number of fused-ring (bicyclic) bond motifs is 1. The zero-order valence-corrected chi connectivity index (χ0v) is 17.7. The molecule has 0 fully saturated rings. The zero-order valence-electron chi connectivity index (χ0n) is 17.7. The highest BCUT2D eigenvalue weighted by Crippen LogP contribution is 2.19. The van der Waals surface area contributed by atoms with Gasteiger partial charge in [-0.15, -0.1) is 0 Å². The van der Waals surface area contributed by atoms with Gasteiger partial charge in [0.1, 0.15) is 0 Å². The highest BCUT2D eigenvalue weighted by Gasteiger charge is 2.19. The average molecular weight is 394 g/mol. The summed E-state index contributed by atoms with van der Waals surface area (Å²) in [5, 5.41) is 5.77. The number of nitrogens with one attached hydrogen (secondary N) is 2. The van der Waals surface area contributed by atoms with Crippen LogP contribution in [0.5, 0.6) is 0 Å². The molecule has 1 aliphatic heterocycles. The van der Waals surface area contributed by atoms with E-state index in [1.807, 2.05) is 11.0 Å². The molecule has 154 valence electrons. The molecule has 0 radical (unpaired) electrons. The predicted octanol–water partition coefficient (Wildman–Crippen LogP) is 3.78. The molecule has 29 heavy (non-hydrogen) atoms. The van der Waals surface area contributed by atoms with Crippen LogP contribution in [-0.2, 0) is 24.3 Å². The molecule has 0 atom stereocenters. The van der Waals surface area contributed by atoms with Gasteiger partial charge >= 0.3 is 6.03 Å². The molecule has 0 unspecified atom stereocenters. The highest BCUT2D eigenvalue weighted by atomic mass is 16.2. The Hall–Kier alpha value is -2.82. The number of aryl methyl sites for hydroxylation is 3. The maximum atomic E-state index is 12.5. The molecule has 3 amide bonds. The summed E-state index contributed by atoms with van der Waals surface area (Å²) < 4.78 is 0. The molecule has 1 aliphatic rings.